The van der Waals surface area contributed by atoms with Crippen molar-refractivity contribution >= 4 is 18.2 Å². The van der Waals surface area contributed by atoms with Crippen molar-refractivity contribution in [3.05, 3.63) is 11.9 Å². The molecular weight excluding hydrogens is 292 g/mol. The molecule has 1 aliphatic rings. The second-order valence-corrected chi connectivity index (χ2v) is 5.17. The third kappa shape index (κ3) is 4.43. The lowest BCUT2D eigenvalue weighted by atomic mass is 10.2. The van der Waals surface area contributed by atoms with Crippen LogP contribution in [-0.2, 0) is 11.3 Å². The first-order chi connectivity index (χ1) is 9.65. The Morgan fingerprint density at radius 2 is 2.33 bits per heavy atom. The van der Waals surface area contributed by atoms with Crippen LogP contribution in [-0.4, -0.2) is 49.4 Å². The number of rotatable bonds is 5. The fourth-order valence-corrected chi connectivity index (χ4v) is 2.10. The minimum Gasteiger partial charge on any atom is -0.469 e. The second kappa shape index (κ2) is 8.36. The highest BCUT2D eigenvalue weighted by Gasteiger charge is 2.21. The molecule has 0 fully saturated rings. The van der Waals surface area contributed by atoms with Crippen LogP contribution in [0.2, 0.25) is 0 Å². The molecule has 21 heavy (non-hydrogen) atoms. The van der Waals surface area contributed by atoms with Gasteiger partial charge in [0.25, 0.3) is 0 Å². The Bertz CT molecular complexity index is 447. The van der Waals surface area contributed by atoms with Crippen molar-refractivity contribution in [3.8, 4) is 5.88 Å². The van der Waals surface area contributed by atoms with Crippen LogP contribution in [0.25, 0.3) is 0 Å². The van der Waals surface area contributed by atoms with Gasteiger partial charge < -0.3 is 19.7 Å². The molecule has 0 saturated heterocycles. The molecule has 1 aromatic heterocycles. The predicted molar refractivity (Wildman–Crippen MR) is 85.4 cm³/mol. The summed E-state index contributed by atoms with van der Waals surface area (Å²) in [5.41, 5.74) is 0.852. The first-order valence-electron chi connectivity index (χ1n) is 7.10. The van der Waals surface area contributed by atoms with Gasteiger partial charge >= 0.3 is 0 Å². The molecule has 0 saturated carbocycles. The summed E-state index contributed by atoms with van der Waals surface area (Å²) in [4.78, 5) is 11.2. The molecule has 1 N–H and O–H groups in total. The van der Waals surface area contributed by atoms with Gasteiger partial charge in [-0.05, 0) is 13.3 Å². The molecule has 0 radical (unpaired) electrons. The van der Waals surface area contributed by atoms with E-state index in [1.807, 2.05) is 13.2 Å². The Morgan fingerprint density at radius 1 is 1.57 bits per heavy atom. The molecule has 2 rings (SSSR count). The van der Waals surface area contributed by atoms with E-state index in [1.54, 1.807) is 7.11 Å². The summed E-state index contributed by atoms with van der Waals surface area (Å²) in [6.07, 6.45) is 2.84. The number of nitrogens with zero attached hydrogens (tertiary/aromatic N) is 3. The molecule has 0 aromatic carbocycles. The summed E-state index contributed by atoms with van der Waals surface area (Å²) in [5.74, 6) is 1.46. The van der Waals surface area contributed by atoms with E-state index in [9.17, 15) is 0 Å². The van der Waals surface area contributed by atoms with Gasteiger partial charge in [0.2, 0.25) is 5.88 Å². The fourth-order valence-electron chi connectivity index (χ4n) is 2.10. The van der Waals surface area contributed by atoms with Gasteiger partial charge in [-0.1, -0.05) is 6.92 Å². The van der Waals surface area contributed by atoms with Crippen LogP contribution in [0.1, 0.15) is 26.0 Å². The van der Waals surface area contributed by atoms with Crippen molar-refractivity contribution in [3.63, 3.8) is 0 Å². The van der Waals surface area contributed by atoms with Crippen LogP contribution >= 0.6 is 12.4 Å². The van der Waals surface area contributed by atoms with Crippen LogP contribution < -0.4 is 15.0 Å². The first kappa shape index (κ1) is 17.9. The molecule has 1 unspecified atom stereocenters. The molecule has 2 atom stereocenters. The van der Waals surface area contributed by atoms with E-state index >= 15 is 0 Å². The molecule has 120 valence electrons. The average Bonchev–Trinajstić information content (AvgIpc) is 2.66. The van der Waals surface area contributed by atoms with Crippen molar-refractivity contribution < 1.29 is 9.47 Å². The lowest BCUT2D eigenvalue weighted by molar-refractivity contribution is 0.0810. The Labute approximate surface area is 132 Å². The molecule has 6 nitrogen and oxygen atoms in total. The van der Waals surface area contributed by atoms with E-state index in [0.717, 1.165) is 24.5 Å². The summed E-state index contributed by atoms with van der Waals surface area (Å²) >= 11 is 0. The zero-order valence-corrected chi connectivity index (χ0v) is 13.9. The van der Waals surface area contributed by atoms with Crippen molar-refractivity contribution in [2.75, 3.05) is 32.2 Å². The van der Waals surface area contributed by atoms with Gasteiger partial charge in [0.05, 0.1) is 12.8 Å². The number of ether oxygens (including phenoxy) is 2. The van der Waals surface area contributed by atoms with Gasteiger partial charge in [-0.25, -0.2) is 0 Å². The van der Waals surface area contributed by atoms with Gasteiger partial charge in [0.1, 0.15) is 11.8 Å². The SMILES string of the molecule is CCC(C)N(C)c1cnc2c(n1)O[C@@H](COC)CNC2.Cl. The van der Waals surface area contributed by atoms with E-state index in [-0.39, 0.29) is 18.5 Å². The second-order valence-electron chi connectivity index (χ2n) is 5.17. The number of nitrogens with one attached hydrogen (secondary N) is 1. The van der Waals surface area contributed by atoms with Crippen LogP contribution in [0.3, 0.4) is 0 Å². The normalized spacial score (nSPS) is 18.8. The van der Waals surface area contributed by atoms with Crippen LogP contribution in [0.4, 0.5) is 5.82 Å². The number of methoxy groups -OCH3 is 1. The fraction of sp³-hybridized carbons (Fsp3) is 0.714. The third-order valence-corrected chi connectivity index (χ3v) is 3.71. The summed E-state index contributed by atoms with van der Waals surface area (Å²) in [6, 6.07) is 0.418. The van der Waals surface area contributed by atoms with E-state index < -0.39 is 0 Å². The molecule has 0 spiro atoms. The largest absolute Gasteiger partial charge is 0.469 e. The number of aromatic nitrogens is 2. The van der Waals surface area contributed by atoms with Crippen molar-refractivity contribution in [2.45, 2.75) is 39.0 Å². The summed E-state index contributed by atoms with van der Waals surface area (Å²) in [6.45, 7) is 6.29. The van der Waals surface area contributed by atoms with Gasteiger partial charge in [-0.15, -0.1) is 12.4 Å². The molecule has 0 aliphatic carbocycles. The highest BCUT2D eigenvalue weighted by Crippen LogP contribution is 2.22. The predicted octanol–water partition coefficient (Wildman–Crippen LogP) is 1.63. The molecular formula is C14H25ClN4O2. The topological polar surface area (TPSA) is 59.5 Å². The van der Waals surface area contributed by atoms with Gasteiger partial charge in [-0.2, -0.15) is 4.98 Å². The number of fused-ring (bicyclic) bond motifs is 1. The number of hydrogen-bond donors (Lipinski definition) is 1. The van der Waals surface area contributed by atoms with Gasteiger partial charge in [0.15, 0.2) is 5.82 Å². The summed E-state index contributed by atoms with van der Waals surface area (Å²) < 4.78 is 11.1. The Hall–Kier alpha value is -1.11. The first-order valence-corrected chi connectivity index (χ1v) is 7.10. The molecule has 1 aliphatic heterocycles. The Morgan fingerprint density at radius 3 is 3.00 bits per heavy atom. The average molecular weight is 317 g/mol. The lowest BCUT2D eigenvalue weighted by Crippen LogP contribution is -2.32. The van der Waals surface area contributed by atoms with Gasteiger partial charge in [0, 0.05) is 33.3 Å². The molecule has 0 amide bonds. The van der Waals surface area contributed by atoms with Crippen molar-refractivity contribution in [2.24, 2.45) is 0 Å². The Kier molecular flexibility index (Phi) is 7.14. The minimum atomic E-state index is -0.0281. The number of halogens is 1. The standard InChI is InChI=1S/C14H24N4O2.ClH/c1-5-10(2)18(3)13-8-16-12-7-15-6-11(9-19-4)20-14(12)17-13;/h8,10-11,15H,5-7,9H2,1-4H3;1H/t10?,11-;/m1./s1. The number of anilines is 1. The van der Waals surface area contributed by atoms with Crippen LogP contribution in [0.15, 0.2) is 6.20 Å². The van der Waals surface area contributed by atoms with Gasteiger partial charge in [-0.3, -0.25) is 4.98 Å². The van der Waals surface area contributed by atoms with E-state index in [1.165, 1.54) is 0 Å². The highest BCUT2D eigenvalue weighted by atomic mass is 35.5. The smallest absolute Gasteiger partial charge is 0.239 e. The maximum absolute atomic E-state index is 5.91. The van der Waals surface area contributed by atoms with Crippen LogP contribution in [0, 0.1) is 0 Å². The zero-order valence-electron chi connectivity index (χ0n) is 13.1. The maximum atomic E-state index is 5.91. The van der Waals surface area contributed by atoms with E-state index in [4.69, 9.17) is 9.47 Å². The lowest BCUT2D eigenvalue weighted by Gasteiger charge is -2.25. The maximum Gasteiger partial charge on any atom is 0.239 e. The molecule has 2 heterocycles. The molecule has 0 bridgehead atoms. The number of hydrogen-bond acceptors (Lipinski definition) is 6. The highest BCUT2D eigenvalue weighted by molar-refractivity contribution is 5.85. The van der Waals surface area contributed by atoms with Crippen LogP contribution in [0.5, 0.6) is 5.88 Å². The summed E-state index contributed by atoms with van der Waals surface area (Å²) in [7, 11) is 3.71. The third-order valence-electron chi connectivity index (χ3n) is 3.71. The van der Waals surface area contributed by atoms with Crippen molar-refractivity contribution in [1.29, 1.82) is 0 Å². The minimum absolute atomic E-state index is 0. The van der Waals surface area contributed by atoms with E-state index in [2.05, 4.69) is 34.0 Å². The monoisotopic (exact) mass is 316 g/mol. The quantitative estimate of drug-likeness (QED) is 0.891. The van der Waals surface area contributed by atoms with Crippen molar-refractivity contribution in [1.82, 2.24) is 15.3 Å². The zero-order chi connectivity index (χ0) is 14.5. The molecule has 7 heteroatoms. The Balaban J connectivity index is 0.00000220. The molecule has 1 aromatic rings. The summed E-state index contributed by atoms with van der Waals surface area (Å²) in [5, 5.41) is 3.30. The van der Waals surface area contributed by atoms with E-state index in [0.29, 0.717) is 25.1 Å².